The molecule has 1 aliphatic rings. The number of phenolic OH excluding ortho intramolecular Hbond substituents is 1. The van der Waals surface area contributed by atoms with Crippen molar-refractivity contribution in [1.29, 1.82) is 0 Å². The summed E-state index contributed by atoms with van der Waals surface area (Å²) < 4.78 is 12.6. The lowest BCUT2D eigenvalue weighted by Gasteiger charge is -2.24. The smallest absolute Gasteiger partial charge is 0.338 e. The SMILES string of the molecule is COC(=O)C1=C(C)N=c2s/c(=C\c3cc(Br)c(O)c(OC)c3)c(=O)n2[C@H]1c1ccccc1. The van der Waals surface area contributed by atoms with Crippen molar-refractivity contribution < 1.29 is 19.4 Å². The molecule has 1 aliphatic heterocycles. The van der Waals surface area contributed by atoms with E-state index >= 15 is 0 Å². The Hall–Kier alpha value is -3.17. The van der Waals surface area contributed by atoms with Gasteiger partial charge in [-0.25, -0.2) is 9.79 Å². The molecule has 1 aromatic heterocycles. The second-order valence-electron chi connectivity index (χ2n) is 7.04. The van der Waals surface area contributed by atoms with Crippen LogP contribution in [0.3, 0.4) is 0 Å². The van der Waals surface area contributed by atoms with Gasteiger partial charge >= 0.3 is 5.97 Å². The summed E-state index contributed by atoms with van der Waals surface area (Å²) in [6.45, 7) is 1.74. The second kappa shape index (κ2) is 8.76. The average molecular weight is 515 g/mol. The van der Waals surface area contributed by atoms with Crippen LogP contribution >= 0.6 is 27.3 Å². The number of benzene rings is 2. The van der Waals surface area contributed by atoms with Gasteiger partial charge in [-0.1, -0.05) is 41.7 Å². The summed E-state index contributed by atoms with van der Waals surface area (Å²) in [6, 6.07) is 12.0. The number of ether oxygens (including phenoxy) is 2. The fraction of sp³-hybridized carbons (Fsp3) is 0.174. The van der Waals surface area contributed by atoms with Crippen LogP contribution < -0.4 is 19.6 Å². The number of thiazole rings is 1. The molecule has 0 saturated carbocycles. The number of halogens is 1. The summed E-state index contributed by atoms with van der Waals surface area (Å²) in [5.41, 5.74) is 2.00. The molecule has 0 amide bonds. The highest BCUT2D eigenvalue weighted by Crippen LogP contribution is 2.35. The molecule has 0 aliphatic carbocycles. The van der Waals surface area contributed by atoms with Crippen molar-refractivity contribution in [2.24, 2.45) is 4.99 Å². The molecule has 0 fully saturated rings. The minimum Gasteiger partial charge on any atom is -0.503 e. The van der Waals surface area contributed by atoms with Crippen molar-refractivity contribution in [3.8, 4) is 11.5 Å². The van der Waals surface area contributed by atoms with Gasteiger partial charge in [0, 0.05) is 0 Å². The minimum absolute atomic E-state index is 0.0199. The summed E-state index contributed by atoms with van der Waals surface area (Å²) in [4.78, 5) is 31.1. The van der Waals surface area contributed by atoms with Crippen LogP contribution in [-0.4, -0.2) is 29.9 Å². The predicted molar refractivity (Wildman–Crippen MR) is 125 cm³/mol. The van der Waals surface area contributed by atoms with Gasteiger partial charge < -0.3 is 14.6 Å². The van der Waals surface area contributed by atoms with E-state index in [1.165, 1.54) is 30.1 Å². The van der Waals surface area contributed by atoms with Crippen molar-refractivity contribution in [2.75, 3.05) is 14.2 Å². The van der Waals surface area contributed by atoms with E-state index in [4.69, 9.17) is 9.47 Å². The number of hydrogen-bond donors (Lipinski definition) is 1. The molecule has 3 aromatic rings. The highest BCUT2D eigenvalue weighted by molar-refractivity contribution is 9.10. The summed E-state index contributed by atoms with van der Waals surface area (Å²) in [6.07, 6.45) is 1.70. The zero-order chi connectivity index (χ0) is 23.0. The molecule has 4 rings (SSSR count). The molecule has 0 spiro atoms. The Bertz CT molecular complexity index is 1420. The first-order chi connectivity index (χ1) is 15.3. The van der Waals surface area contributed by atoms with Crippen LogP contribution in [0.5, 0.6) is 11.5 Å². The summed E-state index contributed by atoms with van der Waals surface area (Å²) >= 11 is 4.53. The highest BCUT2D eigenvalue weighted by atomic mass is 79.9. The number of methoxy groups -OCH3 is 2. The molecular weight excluding hydrogens is 496 g/mol. The fourth-order valence-electron chi connectivity index (χ4n) is 3.63. The van der Waals surface area contributed by atoms with Gasteiger partial charge in [0.25, 0.3) is 5.56 Å². The number of aromatic nitrogens is 1. The number of nitrogens with zero attached hydrogens (tertiary/aromatic N) is 2. The summed E-state index contributed by atoms with van der Waals surface area (Å²) in [7, 11) is 2.77. The number of esters is 1. The number of carbonyl (C=O) groups is 1. The molecule has 164 valence electrons. The van der Waals surface area contributed by atoms with Crippen molar-refractivity contribution in [2.45, 2.75) is 13.0 Å². The number of phenols is 1. The van der Waals surface area contributed by atoms with Crippen LogP contribution in [-0.2, 0) is 9.53 Å². The van der Waals surface area contributed by atoms with Gasteiger partial charge in [0.05, 0.1) is 40.5 Å². The Morgan fingerprint density at radius 3 is 2.62 bits per heavy atom. The summed E-state index contributed by atoms with van der Waals surface area (Å²) in [5.74, 6) is -0.264. The van der Waals surface area contributed by atoms with Gasteiger partial charge in [-0.2, -0.15) is 0 Å². The minimum atomic E-state index is -0.650. The van der Waals surface area contributed by atoms with Gasteiger partial charge in [0.15, 0.2) is 16.3 Å². The largest absolute Gasteiger partial charge is 0.503 e. The molecular formula is C23H19BrN2O5S. The Kier molecular flexibility index (Phi) is 6.03. The lowest BCUT2D eigenvalue weighted by Crippen LogP contribution is -2.39. The fourth-order valence-corrected chi connectivity index (χ4v) is 5.13. The lowest BCUT2D eigenvalue weighted by atomic mass is 9.96. The standard InChI is InChI=1S/C23H19BrN2O5S/c1-12-18(22(29)31-3)19(14-7-5-4-6-8-14)26-21(28)17(32-23(26)25-12)11-13-9-15(24)20(27)16(10-13)30-2/h4-11,19,27H,1-3H3/b17-11-/t19-/m0/s1. The Morgan fingerprint density at radius 2 is 1.97 bits per heavy atom. The van der Waals surface area contributed by atoms with Crippen molar-refractivity contribution in [3.05, 3.63) is 89.0 Å². The zero-order valence-electron chi connectivity index (χ0n) is 17.5. The summed E-state index contributed by atoms with van der Waals surface area (Å²) in [5, 5.41) is 10.1. The van der Waals surface area contributed by atoms with Crippen LogP contribution in [0, 0.1) is 0 Å². The number of fused-ring (bicyclic) bond motifs is 1. The normalized spacial score (nSPS) is 15.9. The van der Waals surface area contributed by atoms with Gasteiger partial charge in [0.2, 0.25) is 0 Å². The second-order valence-corrected chi connectivity index (χ2v) is 8.90. The first-order valence-corrected chi connectivity index (χ1v) is 11.2. The quantitative estimate of drug-likeness (QED) is 0.540. The number of carbonyl (C=O) groups excluding carboxylic acids is 1. The van der Waals surface area contributed by atoms with E-state index in [9.17, 15) is 14.7 Å². The molecule has 1 N–H and O–H groups in total. The Labute approximate surface area is 195 Å². The number of aromatic hydroxyl groups is 1. The molecule has 7 nitrogen and oxygen atoms in total. The van der Waals surface area contributed by atoms with Crippen LogP contribution in [0.4, 0.5) is 0 Å². The molecule has 0 unspecified atom stereocenters. The van der Waals surface area contributed by atoms with Crippen molar-refractivity contribution in [1.82, 2.24) is 4.57 Å². The molecule has 0 bridgehead atoms. The molecule has 1 atom stereocenters. The molecule has 0 radical (unpaired) electrons. The van der Waals surface area contributed by atoms with E-state index in [0.717, 1.165) is 5.56 Å². The van der Waals surface area contributed by atoms with Gasteiger partial charge in [-0.15, -0.1) is 0 Å². The van der Waals surface area contributed by atoms with E-state index in [2.05, 4.69) is 20.9 Å². The molecule has 2 heterocycles. The van der Waals surface area contributed by atoms with Gasteiger partial charge in [-0.05, 0) is 52.2 Å². The topological polar surface area (TPSA) is 90.1 Å². The molecule has 2 aromatic carbocycles. The maximum atomic E-state index is 13.5. The monoisotopic (exact) mass is 514 g/mol. The van der Waals surface area contributed by atoms with E-state index in [-0.39, 0.29) is 17.1 Å². The number of allylic oxidation sites excluding steroid dienone is 1. The first kappa shape index (κ1) is 22.0. The first-order valence-electron chi connectivity index (χ1n) is 9.58. The third-order valence-corrected chi connectivity index (χ3v) is 6.70. The third kappa shape index (κ3) is 3.78. The van der Waals surface area contributed by atoms with Crippen LogP contribution in [0.15, 0.2) is 68.0 Å². The molecule has 32 heavy (non-hydrogen) atoms. The van der Waals surface area contributed by atoms with E-state index in [1.54, 1.807) is 25.1 Å². The average Bonchev–Trinajstić information content (AvgIpc) is 3.09. The van der Waals surface area contributed by atoms with Crippen LogP contribution in [0.2, 0.25) is 0 Å². The van der Waals surface area contributed by atoms with Crippen molar-refractivity contribution >= 4 is 39.3 Å². The van der Waals surface area contributed by atoms with E-state index in [0.29, 0.717) is 30.6 Å². The van der Waals surface area contributed by atoms with Crippen LogP contribution in [0.1, 0.15) is 24.1 Å². The van der Waals surface area contributed by atoms with Gasteiger partial charge in [-0.3, -0.25) is 9.36 Å². The van der Waals surface area contributed by atoms with Crippen LogP contribution in [0.25, 0.3) is 6.08 Å². The lowest BCUT2D eigenvalue weighted by molar-refractivity contribution is -0.136. The van der Waals surface area contributed by atoms with Crippen molar-refractivity contribution in [3.63, 3.8) is 0 Å². The van der Waals surface area contributed by atoms with E-state index < -0.39 is 12.0 Å². The third-order valence-electron chi connectivity index (χ3n) is 5.11. The highest BCUT2D eigenvalue weighted by Gasteiger charge is 2.32. The zero-order valence-corrected chi connectivity index (χ0v) is 19.9. The maximum absolute atomic E-state index is 13.5. The van der Waals surface area contributed by atoms with E-state index in [1.807, 2.05) is 30.3 Å². The number of hydrogen-bond acceptors (Lipinski definition) is 7. The Balaban J connectivity index is 1.97. The van der Waals surface area contributed by atoms with Gasteiger partial charge in [0.1, 0.15) is 0 Å². The number of rotatable bonds is 4. The molecule has 0 saturated heterocycles. The Morgan fingerprint density at radius 1 is 1.25 bits per heavy atom. The molecule has 9 heteroatoms. The maximum Gasteiger partial charge on any atom is 0.338 e. The predicted octanol–water partition coefficient (Wildman–Crippen LogP) is 2.88.